The third-order valence-corrected chi connectivity index (χ3v) is 6.25. The molecule has 7 heteroatoms. The third-order valence-electron chi connectivity index (χ3n) is 6.25. The molecule has 1 atom stereocenters. The second-order valence-electron chi connectivity index (χ2n) is 8.43. The average Bonchev–Trinajstić information content (AvgIpc) is 3.25. The Kier molecular flexibility index (Phi) is 9.47. The standard InChI is InChI=1S/C21H39N3O4/c1-26-16-13-22-10-6-19(7-11-22)17-23(18-20-5-4-14-27-20)21(25)8-12-24-9-2-3-15-28-24/h19-20H,2-18H2,1H3/t20-/m1/s1. The second-order valence-corrected chi connectivity index (χ2v) is 8.43. The van der Waals surface area contributed by atoms with E-state index in [0.29, 0.717) is 18.9 Å². The highest BCUT2D eigenvalue weighted by molar-refractivity contribution is 5.76. The van der Waals surface area contributed by atoms with E-state index < -0.39 is 0 Å². The summed E-state index contributed by atoms with van der Waals surface area (Å²) in [5.74, 6) is 0.849. The van der Waals surface area contributed by atoms with Gasteiger partial charge in [-0.15, -0.1) is 0 Å². The minimum absolute atomic E-state index is 0.219. The molecule has 3 rings (SSSR count). The molecule has 28 heavy (non-hydrogen) atoms. The number of nitrogens with zero attached hydrogens (tertiary/aromatic N) is 3. The zero-order valence-electron chi connectivity index (χ0n) is 17.7. The van der Waals surface area contributed by atoms with Crippen LogP contribution in [0.2, 0.25) is 0 Å². The van der Waals surface area contributed by atoms with Crippen molar-refractivity contribution in [2.75, 3.05) is 72.7 Å². The molecule has 3 aliphatic heterocycles. The Morgan fingerprint density at radius 1 is 1.04 bits per heavy atom. The summed E-state index contributed by atoms with van der Waals surface area (Å²) >= 11 is 0. The first-order valence-corrected chi connectivity index (χ1v) is 11.2. The van der Waals surface area contributed by atoms with Crippen molar-refractivity contribution in [3.8, 4) is 0 Å². The first-order valence-electron chi connectivity index (χ1n) is 11.2. The SMILES string of the molecule is COCCN1CCC(CN(C[C@H]2CCCO2)C(=O)CCN2CCCCO2)CC1. The van der Waals surface area contributed by atoms with Gasteiger partial charge in [0, 0.05) is 52.9 Å². The number of amides is 1. The minimum atomic E-state index is 0.219. The largest absolute Gasteiger partial charge is 0.383 e. The number of carbonyl (C=O) groups is 1. The van der Waals surface area contributed by atoms with Gasteiger partial charge in [-0.3, -0.25) is 9.63 Å². The molecule has 0 bridgehead atoms. The lowest BCUT2D eigenvalue weighted by Crippen LogP contribution is -2.45. The molecule has 0 radical (unpaired) electrons. The van der Waals surface area contributed by atoms with E-state index in [1.54, 1.807) is 7.11 Å². The lowest BCUT2D eigenvalue weighted by atomic mass is 9.95. The first-order chi connectivity index (χ1) is 13.7. The van der Waals surface area contributed by atoms with E-state index in [4.69, 9.17) is 14.3 Å². The van der Waals surface area contributed by atoms with Gasteiger partial charge in [0.25, 0.3) is 0 Å². The highest BCUT2D eigenvalue weighted by Gasteiger charge is 2.27. The quantitative estimate of drug-likeness (QED) is 0.560. The summed E-state index contributed by atoms with van der Waals surface area (Å²) < 4.78 is 11.0. The topological polar surface area (TPSA) is 54.5 Å². The maximum Gasteiger partial charge on any atom is 0.224 e. The predicted octanol–water partition coefficient (Wildman–Crippen LogP) is 1.77. The molecule has 3 fully saturated rings. The number of piperidine rings is 1. The second kappa shape index (κ2) is 12.1. The van der Waals surface area contributed by atoms with Gasteiger partial charge in [-0.25, -0.2) is 0 Å². The molecule has 0 unspecified atom stereocenters. The molecule has 3 saturated heterocycles. The van der Waals surface area contributed by atoms with Crippen LogP contribution in [0.5, 0.6) is 0 Å². The van der Waals surface area contributed by atoms with Gasteiger partial charge in [0.15, 0.2) is 0 Å². The van der Waals surface area contributed by atoms with Gasteiger partial charge in [-0.05, 0) is 57.5 Å². The van der Waals surface area contributed by atoms with Crippen LogP contribution < -0.4 is 0 Å². The van der Waals surface area contributed by atoms with E-state index in [9.17, 15) is 4.79 Å². The van der Waals surface area contributed by atoms with Crippen molar-refractivity contribution in [1.29, 1.82) is 0 Å². The Balaban J connectivity index is 1.46. The molecule has 162 valence electrons. The number of hydrogen-bond acceptors (Lipinski definition) is 6. The van der Waals surface area contributed by atoms with Crippen LogP contribution >= 0.6 is 0 Å². The maximum absolute atomic E-state index is 13.0. The lowest BCUT2D eigenvalue weighted by molar-refractivity contribution is -0.182. The van der Waals surface area contributed by atoms with Gasteiger partial charge in [-0.2, -0.15) is 5.06 Å². The Morgan fingerprint density at radius 2 is 1.89 bits per heavy atom. The molecule has 0 aliphatic carbocycles. The molecule has 0 N–H and O–H groups in total. The molecular formula is C21H39N3O4. The molecule has 0 saturated carbocycles. The molecule has 0 spiro atoms. The summed E-state index contributed by atoms with van der Waals surface area (Å²) in [6, 6.07) is 0. The van der Waals surface area contributed by atoms with Crippen LogP contribution in [0.25, 0.3) is 0 Å². The van der Waals surface area contributed by atoms with Gasteiger partial charge in [0.05, 0.1) is 19.3 Å². The molecule has 0 aromatic heterocycles. The molecular weight excluding hydrogens is 358 g/mol. The van der Waals surface area contributed by atoms with Gasteiger partial charge >= 0.3 is 0 Å². The van der Waals surface area contributed by atoms with Crippen molar-refractivity contribution in [2.24, 2.45) is 5.92 Å². The molecule has 1 amide bonds. The summed E-state index contributed by atoms with van der Waals surface area (Å²) in [5.41, 5.74) is 0. The number of methoxy groups -OCH3 is 1. The fourth-order valence-corrected chi connectivity index (χ4v) is 4.44. The maximum atomic E-state index is 13.0. The summed E-state index contributed by atoms with van der Waals surface area (Å²) in [5, 5.41) is 1.97. The van der Waals surface area contributed by atoms with E-state index in [2.05, 4.69) is 9.80 Å². The Hall–Kier alpha value is -0.730. The predicted molar refractivity (Wildman–Crippen MR) is 108 cm³/mol. The van der Waals surface area contributed by atoms with E-state index in [0.717, 1.165) is 97.6 Å². The first kappa shape index (κ1) is 22.0. The van der Waals surface area contributed by atoms with E-state index in [1.165, 1.54) is 0 Å². The van der Waals surface area contributed by atoms with E-state index in [1.807, 2.05) is 5.06 Å². The van der Waals surface area contributed by atoms with Crippen LogP contribution in [0.15, 0.2) is 0 Å². The van der Waals surface area contributed by atoms with Crippen LogP contribution in [0, 0.1) is 5.92 Å². The number of carbonyl (C=O) groups excluding carboxylic acids is 1. The summed E-state index contributed by atoms with van der Waals surface area (Å²) in [4.78, 5) is 23.2. The molecule has 3 heterocycles. The highest BCUT2D eigenvalue weighted by Crippen LogP contribution is 2.21. The van der Waals surface area contributed by atoms with Crippen molar-refractivity contribution in [3.63, 3.8) is 0 Å². The fourth-order valence-electron chi connectivity index (χ4n) is 4.44. The molecule has 7 nitrogen and oxygen atoms in total. The van der Waals surface area contributed by atoms with Crippen molar-refractivity contribution >= 4 is 5.91 Å². The minimum Gasteiger partial charge on any atom is -0.383 e. The molecule has 0 aromatic carbocycles. The third kappa shape index (κ3) is 7.26. The summed E-state index contributed by atoms with van der Waals surface area (Å²) in [6.45, 7) is 8.93. The number of likely N-dealkylation sites (tertiary alicyclic amines) is 1. The normalized spacial score (nSPS) is 25.2. The molecule has 0 aromatic rings. The van der Waals surface area contributed by atoms with Gasteiger partial charge in [-0.1, -0.05) is 0 Å². The van der Waals surface area contributed by atoms with E-state index >= 15 is 0 Å². The summed E-state index contributed by atoms with van der Waals surface area (Å²) in [6.07, 6.45) is 7.56. The lowest BCUT2D eigenvalue weighted by Gasteiger charge is -2.36. The Morgan fingerprint density at radius 3 is 2.57 bits per heavy atom. The average molecular weight is 398 g/mol. The van der Waals surface area contributed by atoms with Crippen molar-refractivity contribution < 1.29 is 19.1 Å². The number of hydrogen-bond donors (Lipinski definition) is 0. The number of hydroxylamine groups is 2. The van der Waals surface area contributed by atoms with Gasteiger partial charge < -0.3 is 19.3 Å². The van der Waals surface area contributed by atoms with Crippen LogP contribution in [0.1, 0.15) is 44.9 Å². The number of ether oxygens (including phenoxy) is 2. The van der Waals surface area contributed by atoms with E-state index in [-0.39, 0.29) is 12.0 Å². The Bertz CT molecular complexity index is 445. The van der Waals surface area contributed by atoms with Crippen LogP contribution in [-0.4, -0.2) is 99.6 Å². The summed E-state index contributed by atoms with van der Waals surface area (Å²) in [7, 11) is 1.76. The monoisotopic (exact) mass is 397 g/mol. The zero-order valence-corrected chi connectivity index (χ0v) is 17.7. The number of rotatable bonds is 10. The van der Waals surface area contributed by atoms with Crippen LogP contribution in [-0.2, 0) is 19.1 Å². The van der Waals surface area contributed by atoms with Gasteiger partial charge in [0.1, 0.15) is 0 Å². The van der Waals surface area contributed by atoms with Crippen molar-refractivity contribution in [1.82, 2.24) is 14.9 Å². The van der Waals surface area contributed by atoms with Crippen LogP contribution in [0.4, 0.5) is 0 Å². The fraction of sp³-hybridized carbons (Fsp3) is 0.952. The van der Waals surface area contributed by atoms with Crippen molar-refractivity contribution in [3.05, 3.63) is 0 Å². The van der Waals surface area contributed by atoms with Crippen LogP contribution in [0.3, 0.4) is 0 Å². The Labute approximate surface area is 170 Å². The zero-order chi connectivity index (χ0) is 19.6. The van der Waals surface area contributed by atoms with Crippen molar-refractivity contribution in [2.45, 2.75) is 51.0 Å². The van der Waals surface area contributed by atoms with Gasteiger partial charge in [0.2, 0.25) is 5.91 Å². The highest BCUT2D eigenvalue weighted by atomic mass is 16.7. The molecule has 3 aliphatic rings. The smallest absolute Gasteiger partial charge is 0.224 e.